The summed E-state index contributed by atoms with van der Waals surface area (Å²) in [6.07, 6.45) is 3.24. The fourth-order valence-electron chi connectivity index (χ4n) is 1.81. The summed E-state index contributed by atoms with van der Waals surface area (Å²) in [4.78, 5) is 15.4. The maximum absolute atomic E-state index is 5.43. The molecule has 0 N–H and O–H groups in total. The standard InChI is InChI=1S/C10H16N4O2/c1-15-10-7-13(16-2)5-6-14(10)9-3-4-11-8-12-9/h3-4,8,10H,5-7H2,1-2H3. The predicted octanol–water partition coefficient (Wildman–Crippen LogP) is 0.132. The van der Waals surface area contributed by atoms with Crippen molar-refractivity contribution < 1.29 is 9.57 Å². The summed E-state index contributed by atoms with van der Waals surface area (Å²) in [5, 5.41) is 1.88. The molecule has 1 aliphatic rings. The summed E-state index contributed by atoms with van der Waals surface area (Å²) in [5.74, 6) is 0.887. The Labute approximate surface area is 94.8 Å². The van der Waals surface area contributed by atoms with Gasteiger partial charge in [0.2, 0.25) is 0 Å². The van der Waals surface area contributed by atoms with Crippen molar-refractivity contribution in [2.24, 2.45) is 0 Å². The fourth-order valence-corrected chi connectivity index (χ4v) is 1.81. The van der Waals surface area contributed by atoms with Crippen LogP contribution in [-0.2, 0) is 9.57 Å². The number of hydrogen-bond acceptors (Lipinski definition) is 6. The van der Waals surface area contributed by atoms with Crippen molar-refractivity contribution in [3.05, 3.63) is 18.6 Å². The smallest absolute Gasteiger partial charge is 0.146 e. The molecule has 2 heterocycles. The summed E-state index contributed by atoms with van der Waals surface area (Å²) in [5.41, 5.74) is 0. The third-order valence-corrected chi connectivity index (χ3v) is 2.69. The van der Waals surface area contributed by atoms with E-state index in [1.54, 1.807) is 26.7 Å². The molecule has 1 fully saturated rings. The van der Waals surface area contributed by atoms with Crippen molar-refractivity contribution in [2.75, 3.05) is 38.8 Å². The largest absolute Gasteiger partial charge is 0.360 e. The van der Waals surface area contributed by atoms with Gasteiger partial charge in [-0.1, -0.05) is 0 Å². The third kappa shape index (κ3) is 2.29. The van der Waals surface area contributed by atoms with Crippen LogP contribution in [0.1, 0.15) is 0 Å². The van der Waals surface area contributed by atoms with E-state index in [-0.39, 0.29) is 6.23 Å². The normalized spacial score (nSPS) is 22.4. The Bertz CT molecular complexity index is 322. The summed E-state index contributed by atoms with van der Waals surface area (Å²) in [6.45, 7) is 2.36. The molecule has 0 radical (unpaired) electrons. The number of anilines is 1. The molecule has 6 heteroatoms. The molecule has 1 aromatic heterocycles. The zero-order valence-corrected chi connectivity index (χ0v) is 9.54. The van der Waals surface area contributed by atoms with E-state index in [1.807, 2.05) is 11.1 Å². The van der Waals surface area contributed by atoms with Crippen LogP contribution in [-0.4, -0.2) is 55.1 Å². The number of hydrogen-bond donors (Lipinski definition) is 0. The first-order valence-corrected chi connectivity index (χ1v) is 5.19. The molecule has 2 rings (SSSR count). The minimum atomic E-state index is -0.0383. The lowest BCUT2D eigenvalue weighted by Gasteiger charge is -2.39. The van der Waals surface area contributed by atoms with Crippen LogP contribution < -0.4 is 4.90 Å². The van der Waals surface area contributed by atoms with Gasteiger partial charge >= 0.3 is 0 Å². The van der Waals surface area contributed by atoms with Gasteiger partial charge in [-0.15, -0.1) is 0 Å². The number of aromatic nitrogens is 2. The molecule has 1 unspecified atom stereocenters. The Morgan fingerprint density at radius 3 is 2.88 bits per heavy atom. The Morgan fingerprint density at radius 1 is 1.38 bits per heavy atom. The van der Waals surface area contributed by atoms with E-state index in [1.165, 1.54) is 0 Å². The molecule has 16 heavy (non-hydrogen) atoms. The lowest BCUT2D eigenvalue weighted by molar-refractivity contribution is -0.162. The van der Waals surface area contributed by atoms with Gasteiger partial charge in [0.05, 0.1) is 13.7 Å². The first-order chi connectivity index (χ1) is 7.85. The van der Waals surface area contributed by atoms with E-state index < -0.39 is 0 Å². The van der Waals surface area contributed by atoms with Crippen molar-refractivity contribution in [3.63, 3.8) is 0 Å². The molecular weight excluding hydrogens is 208 g/mol. The number of nitrogens with zero attached hydrogens (tertiary/aromatic N) is 4. The van der Waals surface area contributed by atoms with Crippen molar-refractivity contribution in [1.29, 1.82) is 0 Å². The molecule has 1 atom stereocenters. The van der Waals surface area contributed by atoms with Crippen LogP contribution in [0.4, 0.5) is 5.82 Å². The first-order valence-electron chi connectivity index (χ1n) is 5.19. The van der Waals surface area contributed by atoms with Gasteiger partial charge < -0.3 is 14.5 Å². The highest BCUT2D eigenvalue weighted by molar-refractivity contribution is 5.37. The van der Waals surface area contributed by atoms with E-state index in [2.05, 4.69) is 14.9 Å². The van der Waals surface area contributed by atoms with Gasteiger partial charge in [-0.3, -0.25) is 0 Å². The van der Waals surface area contributed by atoms with Gasteiger partial charge in [0.25, 0.3) is 0 Å². The SMILES string of the molecule is COC1CN(OC)CCN1c1ccncn1. The molecule has 1 aromatic rings. The molecular formula is C10H16N4O2. The Kier molecular flexibility index (Phi) is 3.66. The van der Waals surface area contributed by atoms with Crippen LogP contribution in [0.3, 0.4) is 0 Å². The van der Waals surface area contributed by atoms with Crippen molar-refractivity contribution >= 4 is 5.82 Å². The quantitative estimate of drug-likeness (QED) is 0.727. The van der Waals surface area contributed by atoms with Gasteiger partial charge in [0, 0.05) is 26.4 Å². The summed E-state index contributed by atoms with van der Waals surface area (Å²) < 4.78 is 5.43. The van der Waals surface area contributed by atoms with E-state index in [0.717, 1.165) is 18.9 Å². The van der Waals surface area contributed by atoms with Gasteiger partial charge in [0.15, 0.2) is 0 Å². The predicted molar refractivity (Wildman–Crippen MR) is 58.8 cm³/mol. The summed E-state index contributed by atoms with van der Waals surface area (Å²) >= 11 is 0. The van der Waals surface area contributed by atoms with Crippen LogP contribution in [0.2, 0.25) is 0 Å². The minimum absolute atomic E-state index is 0.0383. The highest BCUT2D eigenvalue weighted by atomic mass is 16.7. The third-order valence-electron chi connectivity index (χ3n) is 2.69. The molecule has 0 saturated carbocycles. The van der Waals surface area contributed by atoms with Gasteiger partial charge in [-0.2, -0.15) is 5.06 Å². The lowest BCUT2D eigenvalue weighted by atomic mass is 10.3. The second-order valence-electron chi connectivity index (χ2n) is 3.52. The molecule has 0 aromatic carbocycles. The van der Waals surface area contributed by atoms with Crippen LogP contribution in [0.25, 0.3) is 0 Å². The van der Waals surface area contributed by atoms with Crippen LogP contribution in [0.5, 0.6) is 0 Å². The zero-order valence-electron chi connectivity index (χ0n) is 9.54. The van der Waals surface area contributed by atoms with Gasteiger partial charge in [-0.25, -0.2) is 9.97 Å². The molecule has 1 aliphatic heterocycles. The van der Waals surface area contributed by atoms with Crippen LogP contribution in [0.15, 0.2) is 18.6 Å². The number of methoxy groups -OCH3 is 1. The molecule has 88 valence electrons. The number of ether oxygens (including phenoxy) is 1. The van der Waals surface area contributed by atoms with Gasteiger partial charge in [-0.05, 0) is 6.07 Å². The zero-order chi connectivity index (χ0) is 11.4. The van der Waals surface area contributed by atoms with Crippen molar-refractivity contribution in [1.82, 2.24) is 15.0 Å². The Hall–Kier alpha value is -1.24. The molecule has 1 saturated heterocycles. The lowest BCUT2D eigenvalue weighted by Crippen LogP contribution is -2.53. The van der Waals surface area contributed by atoms with Crippen molar-refractivity contribution in [3.8, 4) is 0 Å². The van der Waals surface area contributed by atoms with E-state index in [4.69, 9.17) is 9.57 Å². The number of piperazine rings is 1. The topological polar surface area (TPSA) is 50.7 Å². The average Bonchev–Trinajstić information content (AvgIpc) is 2.39. The first kappa shape index (κ1) is 11.3. The maximum atomic E-state index is 5.43. The molecule has 0 aliphatic carbocycles. The second-order valence-corrected chi connectivity index (χ2v) is 3.52. The number of hydroxylamine groups is 2. The molecule has 0 amide bonds. The monoisotopic (exact) mass is 224 g/mol. The van der Waals surface area contributed by atoms with E-state index in [0.29, 0.717) is 6.54 Å². The Balaban J connectivity index is 2.10. The highest BCUT2D eigenvalue weighted by Crippen LogP contribution is 2.17. The van der Waals surface area contributed by atoms with E-state index in [9.17, 15) is 0 Å². The van der Waals surface area contributed by atoms with E-state index >= 15 is 0 Å². The maximum Gasteiger partial charge on any atom is 0.146 e. The van der Waals surface area contributed by atoms with Crippen LogP contribution >= 0.6 is 0 Å². The average molecular weight is 224 g/mol. The molecule has 0 spiro atoms. The van der Waals surface area contributed by atoms with Gasteiger partial charge in [0.1, 0.15) is 18.4 Å². The fraction of sp³-hybridized carbons (Fsp3) is 0.600. The van der Waals surface area contributed by atoms with Crippen LogP contribution in [0, 0.1) is 0 Å². The Morgan fingerprint density at radius 2 is 2.25 bits per heavy atom. The summed E-state index contributed by atoms with van der Waals surface area (Å²) in [7, 11) is 3.37. The second kappa shape index (κ2) is 5.20. The number of rotatable bonds is 3. The molecule has 6 nitrogen and oxygen atoms in total. The van der Waals surface area contributed by atoms with Crippen molar-refractivity contribution in [2.45, 2.75) is 6.23 Å². The highest BCUT2D eigenvalue weighted by Gasteiger charge is 2.27. The summed E-state index contributed by atoms with van der Waals surface area (Å²) in [6, 6.07) is 1.88. The molecule has 0 bridgehead atoms. The minimum Gasteiger partial charge on any atom is -0.360 e.